The molecule has 2 aromatic heterocycles. The minimum Gasteiger partial charge on any atom is -0.392 e. The molecule has 0 bridgehead atoms. The lowest BCUT2D eigenvalue weighted by atomic mass is 10.1. The number of aliphatic hydroxyl groups is 1. The van der Waals surface area contributed by atoms with Gasteiger partial charge in [-0.15, -0.1) is 0 Å². The zero-order chi connectivity index (χ0) is 9.10. The van der Waals surface area contributed by atoms with E-state index in [9.17, 15) is 0 Å². The van der Waals surface area contributed by atoms with E-state index in [1.54, 1.807) is 23.7 Å². The molecule has 0 fully saturated rings. The summed E-state index contributed by atoms with van der Waals surface area (Å²) in [6, 6.07) is 4.00. The lowest BCUT2D eigenvalue weighted by Gasteiger charge is -1.99. The molecule has 0 atom stereocenters. The molecule has 0 spiro atoms. The van der Waals surface area contributed by atoms with Gasteiger partial charge in [0, 0.05) is 18.0 Å². The molecular formula is C10H9NOS. The van der Waals surface area contributed by atoms with Gasteiger partial charge in [-0.25, -0.2) is 0 Å². The summed E-state index contributed by atoms with van der Waals surface area (Å²) in [5.74, 6) is 0. The summed E-state index contributed by atoms with van der Waals surface area (Å²) in [6.45, 7) is 0.0466. The number of rotatable bonds is 2. The van der Waals surface area contributed by atoms with Crippen molar-refractivity contribution in [3.63, 3.8) is 0 Å². The SMILES string of the molecule is OCc1cncc(-c2ccsc2)c1. The quantitative estimate of drug-likeness (QED) is 0.790. The topological polar surface area (TPSA) is 33.1 Å². The van der Waals surface area contributed by atoms with Crippen LogP contribution in [0.3, 0.4) is 0 Å². The Morgan fingerprint density at radius 2 is 2.23 bits per heavy atom. The molecule has 0 aliphatic carbocycles. The Labute approximate surface area is 80.5 Å². The first-order valence-corrected chi connectivity index (χ1v) is 4.92. The molecule has 0 amide bonds. The predicted octanol–water partition coefficient (Wildman–Crippen LogP) is 2.30. The maximum atomic E-state index is 8.92. The Morgan fingerprint density at radius 3 is 2.92 bits per heavy atom. The highest BCUT2D eigenvalue weighted by atomic mass is 32.1. The Kier molecular flexibility index (Phi) is 2.38. The molecule has 3 heteroatoms. The Hall–Kier alpha value is -1.19. The van der Waals surface area contributed by atoms with Gasteiger partial charge in [0.1, 0.15) is 0 Å². The fourth-order valence-corrected chi connectivity index (χ4v) is 1.83. The van der Waals surface area contributed by atoms with Crippen LogP contribution >= 0.6 is 11.3 Å². The van der Waals surface area contributed by atoms with Gasteiger partial charge in [0.25, 0.3) is 0 Å². The molecule has 2 nitrogen and oxygen atoms in total. The highest BCUT2D eigenvalue weighted by molar-refractivity contribution is 7.08. The minimum absolute atomic E-state index is 0.0466. The van der Waals surface area contributed by atoms with Crippen molar-refractivity contribution in [2.45, 2.75) is 6.61 Å². The van der Waals surface area contributed by atoms with Crippen LogP contribution in [-0.4, -0.2) is 10.1 Å². The number of aromatic nitrogens is 1. The third kappa shape index (κ3) is 1.76. The van der Waals surface area contributed by atoms with Crippen molar-refractivity contribution in [3.8, 4) is 11.1 Å². The van der Waals surface area contributed by atoms with Gasteiger partial charge >= 0.3 is 0 Å². The standard InChI is InChI=1S/C10H9NOS/c12-6-8-3-10(5-11-4-8)9-1-2-13-7-9/h1-5,7,12H,6H2. The predicted molar refractivity (Wildman–Crippen MR) is 53.5 cm³/mol. The molecular weight excluding hydrogens is 182 g/mol. The van der Waals surface area contributed by atoms with Crippen molar-refractivity contribution in [3.05, 3.63) is 40.8 Å². The van der Waals surface area contributed by atoms with Crippen LogP contribution in [0.4, 0.5) is 0 Å². The van der Waals surface area contributed by atoms with E-state index in [1.165, 1.54) is 0 Å². The zero-order valence-electron chi connectivity index (χ0n) is 6.97. The molecule has 2 rings (SSSR count). The van der Waals surface area contributed by atoms with Crippen LogP contribution in [0.1, 0.15) is 5.56 Å². The van der Waals surface area contributed by atoms with Gasteiger partial charge in [-0.05, 0) is 34.0 Å². The second-order valence-electron chi connectivity index (χ2n) is 2.75. The van der Waals surface area contributed by atoms with E-state index in [2.05, 4.69) is 10.4 Å². The van der Waals surface area contributed by atoms with Crippen molar-refractivity contribution in [1.29, 1.82) is 0 Å². The van der Waals surface area contributed by atoms with Crippen LogP contribution in [0.5, 0.6) is 0 Å². The molecule has 0 aliphatic rings. The van der Waals surface area contributed by atoms with Crippen molar-refractivity contribution >= 4 is 11.3 Å². The van der Waals surface area contributed by atoms with Gasteiger partial charge in [-0.3, -0.25) is 4.98 Å². The number of pyridine rings is 1. The van der Waals surface area contributed by atoms with Crippen LogP contribution in [0, 0.1) is 0 Å². The average molecular weight is 191 g/mol. The Balaban J connectivity index is 2.41. The number of aliphatic hydroxyl groups excluding tert-OH is 1. The molecule has 2 aromatic rings. The van der Waals surface area contributed by atoms with Crippen molar-refractivity contribution in [2.75, 3.05) is 0 Å². The fraction of sp³-hybridized carbons (Fsp3) is 0.100. The van der Waals surface area contributed by atoms with Gasteiger partial charge in [-0.2, -0.15) is 11.3 Å². The highest BCUT2D eigenvalue weighted by Gasteiger charge is 1.98. The summed E-state index contributed by atoms with van der Waals surface area (Å²) in [6.07, 6.45) is 3.48. The summed E-state index contributed by atoms with van der Waals surface area (Å²) >= 11 is 1.66. The normalized spacial score (nSPS) is 10.2. The minimum atomic E-state index is 0.0466. The lowest BCUT2D eigenvalue weighted by molar-refractivity contribution is 0.281. The first-order chi connectivity index (χ1) is 6.40. The van der Waals surface area contributed by atoms with Gasteiger partial charge in [-0.1, -0.05) is 0 Å². The highest BCUT2D eigenvalue weighted by Crippen LogP contribution is 2.21. The summed E-state index contributed by atoms with van der Waals surface area (Å²) in [4.78, 5) is 4.06. The Bertz CT molecular complexity index is 384. The third-order valence-corrected chi connectivity index (χ3v) is 2.52. The molecule has 0 aromatic carbocycles. The molecule has 0 saturated heterocycles. The average Bonchev–Trinajstić information content (AvgIpc) is 2.71. The van der Waals surface area contributed by atoms with Crippen LogP contribution in [0.2, 0.25) is 0 Å². The maximum Gasteiger partial charge on any atom is 0.0697 e. The van der Waals surface area contributed by atoms with E-state index in [1.807, 2.05) is 17.5 Å². The number of nitrogens with zero attached hydrogens (tertiary/aromatic N) is 1. The van der Waals surface area contributed by atoms with E-state index in [4.69, 9.17) is 5.11 Å². The maximum absolute atomic E-state index is 8.92. The molecule has 66 valence electrons. The molecule has 0 saturated carbocycles. The molecule has 0 radical (unpaired) electrons. The summed E-state index contributed by atoms with van der Waals surface area (Å²) in [7, 11) is 0. The summed E-state index contributed by atoms with van der Waals surface area (Å²) in [5, 5.41) is 13.0. The van der Waals surface area contributed by atoms with Crippen LogP contribution in [-0.2, 0) is 6.61 Å². The van der Waals surface area contributed by atoms with E-state index in [-0.39, 0.29) is 6.61 Å². The van der Waals surface area contributed by atoms with Crippen molar-refractivity contribution < 1.29 is 5.11 Å². The van der Waals surface area contributed by atoms with E-state index < -0.39 is 0 Å². The van der Waals surface area contributed by atoms with E-state index >= 15 is 0 Å². The Morgan fingerprint density at radius 1 is 1.31 bits per heavy atom. The van der Waals surface area contributed by atoms with Crippen LogP contribution in [0.25, 0.3) is 11.1 Å². The first kappa shape index (κ1) is 8.41. The van der Waals surface area contributed by atoms with Gasteiger partial charge in [0.15, 0.2) is 0 Å². The molecule has 0 unspecified atom stereocenters. The van der Waals surface area contributed by atoms with Crippen molar-refractivity contribution in [2.24, 2.45) is 0 Å². The lowest BCUT2D eigenvalue weighted by Crippen LogP contribution is -1.85. The first-order valence-electron chi connectivity index (χ1n) is 3.97. The second-order valence-corrected chi connectivity index (χ2v) is 3.53. The summed E-state index contributed by atoms with van der Waals surface area (Å²) < 4.78 is 0. The third-order valence-electron chi connectivity index (χ3n) is 1.83. The van der Waals surface area contributed by atoms with E-state index in [0.717, 1.165) is 16.7 Å². The smallest absolute Gasteiger partial charge is 0.0697 e. The molecule has 1 N–H and O–H groups in total. The number of hydrogen-bond acceptors (Lipinski definition) is 3. The zero-order valence-corrected chi connectivity index (χ0v) is 7.79. The fourth-order valence-electron chi connectivity index (χ4n) is 1.16. The number of hydrogen-bond donors (Lipinski definition) is 1. The van der Waals surface area contributed by atoms with Gasteiger partial charge in [0.05, 0.1) is 6.61 Å². The van der Waals surface area contributed by atoms with E-state index in [0.29, 0.717) is 0 Å². The van der Waals surface area contributed by atoms with Crippen LogP contribution < -0.4 is 0 Å². The molecule has 0 aliphatic heterocycles. The monoisotopic (exact) mass is 191 g/mol. The van der Waals surface area contributed by atoms with Crippen LogP contribution in [0.15, 0.2) is 35.3 Å². The molecule has 2 heterocycles. The van der Waals surface area contributed by atoms with Crippen molar-refractivity contribution in [1.82, 2.24) is 4.98 Å². The van der Waals surface area contributed by atoms with Gasteiger partial charge < -0.3 is 5.11 Å². The second kappa shape index (κ2) is 3.68. The number of thiophene rings is 1. The van der Waals surface area contributed by atoms with Gasteiger partial charge in [0.2, 0.25) is 0 Å². The molecule has 13 heavy (non-hydrogen) atoms. The largest absolute Gasteiger partial charge is 0.392 e. The summed E-state index contributed by atoms with van der Waals surface area (Å²) in [5.41, 5.74) is 3.07.